The molecule has 1 aromatic heterocycles. The van der Waals surface area contributed by atoms with Gasteiger partial charge in [0.1, 0.15) is 16.9 Å². The summed E-state index contributed by atoms with van der Waals surface area (Å²) in [6.45, 7) is 0.691. The molecule has 0 aliphatic carbocycles. The molecule has 0 saturated carbocycles. The lowest BCUT2D eigenvalue weighted by molar-refractivity contribution is 0.0692. The van der Waals surface area contributed by atoms with E-state index in [1.54, 1.807) is 19.2 Å². The van der Waals surface area contributed by atoms with E-state index < -0.39 is 11.6 Å². The van der Waals surface area contributed by atoms with Crippen LogP contribution in [0.25, 0.3) is 11.0 Å². The second-order valence-electron chi connectivity index (χ2n) is 5.53. The standard InChI is InChI=1S/C19H17NO5/c1-24-15-4-2-3-12(9-15)7-8-20-14-6-5-13-10-16(18(21)22)19(23)25-17(13)11-14/h2-6,9-11,20H,7-8H2,1H3,(H,21,22). The summed E-state index contributed by atoms with van der Waals surface area (Å²) in [5, 5.41) is 12.8. The van der Waals surface area contributed by atoms with Crippen molar-refractivity contribution in [3.8, 4) is 5.75 Å². The van der Waals surface area contributed by atoms with Crippen LogP contribution in [0, 0.1) is 0 Å². The van der Waals surface area contributed by atoms with Gasteiger partial charge >= 0.3 is 11.6 Å². The first kappa shape index (κ1) is 16.6. The van der Waals surface area contributed by atoms with Crippen LogP contribution >= 0.6 is 0 Å². The van der Waals surface area contributed by atoms with Crippen molar-refractivity contribution in [3.05, 3.63) is 70.1 Å². The Bertz CT molecular complexity index is 977. The highest BCUT2D eigenvalue weighted by molar-refractivity contribution is 5.92. The number of hydrogen-bond acceptors (Lipinski definition) is 5. The second kappa shape index (κ2) is 7.09. The van der Waals surface area contributed by atoms with E-state index in [9.17, 15) is 9.59 Å². The summed E-state index contributed by atoms with van der Waals surface area (Å²) in [6, 6.07) is 14.4. The van der Waals surface area contributed by atoms with Gasteiger partial charge in [0.15, 0.2) is 0 Å². The van der Waals surface area contributed by atoms with Crippen LogP contribution in [-0.2, 0) is 6.42 Å². The third kappa shape index (κ3) is 3.80. The molecule has 0 bridgehead atoms. The fraction of sp³-hybridized carbons (Fsp3) is 0.158. The molecule has 0 saturated heterocycles. The molecule has 0 atom stereocenters. The predicted octanol–water partition coefficient (Wildman–Crippen LogP) is 3.15. The van der Waals surface area contributed by atoms with Crippen molar-refractivity contribution in [2.24, 2.45) is 0 Å². The molecule has 0 fully saturated rings. The van der Waals surface area contributed by atoms with Crippen molar-refractivity contribution >= 4 is 22.6 Å². The highest BCUT2D eigenvalue weighted by Gasteiger charge is 2.12. The van der Waals surface area contributed by atoms with Gasteiger partial charge in [0.25, 0.3) is 0 Å². The minimum absolute atomic E-state index is 0.349. The van der Waals surface area contributed by atoms with Gasteiger partial charge in [-0.3, -0.25) is 0 Å². The zero-order valence-electron chi connectivity index (χ0n) is 13.6. The molecule has 6 nitrogen and oxygen atoms in total. The number of aromatic carboxylic acids is 1. The predicted molar refractivity (Wildman–Crippen MR) is 94.6 cm³/mol. The molecule has 3 rings (SSSR count). The number of methoxy groups -OCH3 is 1. The van der Waals surface area contributed by atoms with Gasteiger partial charge in [0, 0.05) is 23.7 Å². The van der Waals surface area contributed by atoms with Gasteiger partial charge in [-0.1, -0.05) is 12.1 Å². The molecule has 1 heterocycles. The number of carboxylic acids is 1. The van der Waals surface area contributed by atoms with E-state index in [0.717, 1.165) is 23.4 Å². The number of benzene rings is 2. The Morgan fingerprint density at radius 1 is 1.20 bits per heavy atom. The van der Waals surface area contributed by atoms with E-state index in [-0.39, 0.29) is 5.56 Å². The smallest absolute Gasteiger partial charge is 0.351 e. The summed E-state index contributed by atoms with van der Waals surface area (Å²) in [4.78, 5) is 22.6. The molecule has 0 aliphatic rings. The molecular weight excluding hydrogens is 322 g/mol. The number of rotatable bonds is 6. The van der Waals surface area contributed by atoms with Gasteiger partial charge < -0.3 is 19.6 Å². The average molecular weight is 339 g/mol. The molecule has 25 heavy (non-hydrogen) atoms. The first-order chi connectivity index (χ1) is 12.1. The second-order valence-corrected chi connectivity index (χ2v) is 5.53. The number of nitrogens with one attached hydrogen (secondary N) is 1. The summed E-state index contributed by atoms with van der Waals surface area (Å²) < 4.78 is 10.3. The van der Waals surface area contributed by atoms with Crippen LogP contribution in [0.15, 0.2) is 57.7 Å². The van der Waals surface area contributed by atoms with E-state index in [1.807, 2.05) is 30.3 Å². The Kier molecular flexibility index (Phi) is 4.70. The highest BCUT2D eigenvalue weighted by Crippen LogP contribution is 2.19. The number of fused-ring (bicyclic) bond motifs is 1. The third-order valence-corrected chi connectivity index (χ3v) is 3.84. The van der Waals surface area contributed by atoms with Gasteiger partial charge in [0.05, 0.1) is 7.11 Å². The molecule has 3 aromatic rings. The van der Waals surface area contributed by atoms with E-state index in [1.165, 1.54) is 6.07 Å². The van der Waals surface area contributed by atoms with Crippen molar-refractivity contribution in [1.82, 2.24) is 0 Å². The van der Waals surface area contributed by atoms with Gasteiger partial charge in [0.2, 0.25) is 0 Å². The largest absolute Gasteiger partial charge is 0.497 e. The van der Waals surface area contributed by atoms with Crippen molar-refractivity contribution in [3.63, 3.8) is 0 Å². The molecule has 0 amide bonds. The summed E-state index contributed by atoms with van der Waals surface area (Å²) in [7, 11) is 1.63. The van der Waals surface area contributed by atoms with Crippen molar-refractivity contribution in [1.29, 1.82) is 0 Å². The SMILES string of the molecule is COc1cccc(CCNc2ccc3cc(C(=O)O)c(=O)oc3c2)c1. The maximum atomic E-state index is 11.7. The summed E-state index contributed by atoms with van der Waals surface area (Å²) in [5.74, 6) is -0.477. The fourth-order valence-corrected chi connectivity index (χ4v) is 2.55. The van der Waals surface area contributed by atoms with Crippen LogP contribution in [0.5, 0.6) is 5.75 Å². The minimum Gasteiger partial charge on any atom is -0.497 e. The molecule has 0 aliphatic heterocycles. The van der Waals surface area contributed by atoms with Gasteiger partial charge in [-0.15, -0.1) is 0 Å². The van der Waals surface area contributed by atoms with E-state index in [4.69, 9.17) is 14.3 Å². The number of carboxylic acid groups (broad SMARTS) is 1. The van der Waals surface area contributed by atoms with E-state index in [2.05, 4.69) is 5.32 Å². The quantitative estimate of drug-likeness (QED) is 0.671. The summed E-state index contributed by atoms with van der Waals surface area (Å²) in [5.41, 5.74) is 1.06. The van der Waals surface area contributed by atoms with E-state index >= 15 is 0 Å². The van der Waals surface area contributed by atoms with Crippen molar-refractivity contribution in [2.45, 2.75) is 6.42 Å². The zero-order valence-corrected chi connectivity index (χ0v) is 13.6. The monoisotopic (exact) mass is 339 g/mol. The molecule has 2 N–H and O–H groups in total. The van der Waals surface area contributed by atoms with Gasteiger partial charge in [-0.05, 0) is 42.3 Å². The van der Waals surface area contributed by atoms with E-state index in [0.29, 0.717) is 17.5 Å². The normalized spacial score (nSPS) is 10.6. The number of anilines is 1. The first-order valence-electron chi connectivity index (χ1n) is 7.75. The van der Waals surface area contributed by atoms with Crippen LogP contribution in [0.2, 0.25) is 0 Å². The summed E-state index contributed by atoms with van der Waals surface area (Å²) in [6.07, 6.45) is 0.803. The topological polar surface area (TPSA) is 88.8 Å². The van der Waals surface area contributed by atoms with Crippen LogP contribution in [0.3, 0.4) is 0 Å². The Hall–Kier alpha value is -3.28. The molecule has 128 valence electrons. The lowest BCUT2D eigenvalue weighted by Gasteiger charge is -2.08. The third-order valence-electron chi connectivity index (χ3n) is 3.84. The molecule has 0 unspecified atom stereocenters. The first-order valence-corrected chi connectivity index (χ1v) is 7.75. The number of carbonyl (C=O) groups is 1. The van der Waals surface area contributed by atoms with Crippen molar-refractivity contribution in [2.75, 3.05) is 19.0 Å². The van der Waals surface area contributed by atoms with Crippen LogP contribution in [-0.4, -0.2) is 24.7 Å². The number of ether oxygens (including phenoxy) is 1. The van der Waals surface area contributed by atoms with Gasteiger partial charge in [-0.2, -0.15) is 0 Å². The molecule has 0 radical (unpaired) electrons. The Morgan fingerprint density at radius 3 is 2.80 bits per heavy atom. The summed E-state index contributed by atoms with van der Waals surface area (Å²) >= 11 is 0. The Morgan fingerprint density at radius 2 is 2.04 bits per heavy atom. The maximum Gasteiger partial charge on any atom is 0.351 e. The lowest BCUT2D eigenvalue weighted by Crippen LogP contribution is -2.13. The number of hydrogen-bond donors (Lipinski definition) is 2. The Balaban J connectivity index is 1.72. The van der Waals surface area contributed by atoms with Crippen LogP contribution in [0.1, 0.15) is 15.9 Å². The molecule has 0 spiro atoms. The lowest BCUT2D eigenvalue weighted by atomic mass is 10.1. The van der Waals surface area contributed by atoms with Crippen LogP contribution in [0.4, 0.5) is 5.69 Å². The molecular formula is C19H17NO5. The van der Waals surface area contributed by atoms with Gasteiger partial charge in [-0.25, -0.2) is 9.59 Å². The van der Waals surface area contributed by atoms with Crippen molar-refractivity contribution < 1.29 is 19.1 Å². The Labute approximate surface area is 143 Å². The minimum atomic E-state index is -1.30. The zero-order chi connectivity index (χ0) is 17.8. The highest BCUT2D eigenvalue weighted by atomic mass is 16.5. The average Bonchev–Trinajstić information content (AvgIpc) is 2.61. The fourth-order valence-electron chi connectivity index (χ4n) is 2.55. The molecule has 2 aromatic carbocycles. The van der Waals surface area contributed by atoms with Crippen LogP contribution < -0.4 is 15.7 Å². The molecule has 6 heteroatoms. The maximum absolute atomic E-state index is 11.7.